The van der Waals surface area contributed by atoms with Gasteiger partial charge < -0.3 is 0 Å². The van der Waals surface area contributed by atoms with Crippen LogP contribution in [0.15, 0.2) is 60.7 Å². The number of benzene rings is 2. The number of rotatable bonds is 2. The Hall–Kier alpha value is 0.00870. The Bertz CT molecular complexity index is 386. The molecule has 0 fully saturated rings. The molecule has 15 heavy (non-hydrogen) atoms. The molecular weight excluding hydrogens is 378 g/mol. The van der Waals surface area contributed by atoms with E-state index in [-0.39, 0.29) is 0 Å². The molecular formula is C12H10BrClSn. The Morgan fingerprint density at radius 3 is 1.40 bits per heavy atom. The van der Waals surface area contributed by atoms with Crippen molar-refractivity contribution in [3.05, 3.63) is 60.7 Å². The molecule has 2 aromatic rings. The van der Waals surface area contributed by atoms with Crippen LogP contribution in [0.4, 0.5) is 0 Å². The molecule has 0 saturated heterocycles. The summed E-state index contributed by atoms with van der Waals surface area (Å²) in [6.07, 6.45) is 0. The van der Waals surface area contributed by atoms with Crippen molar-refractivity contribution in [2.45, 2.75) is 0 Å². The van der Waals surface area contributed by atoms with Gasteiger partial charge in [0.1, 0.15) is 0 Å². The van der Waals surface area contributed by atoms with E-state index < -0.39 is 15.0 Å². The van der Waals surface area contributed by atoms with Crippen LogP contribution in [0.5, 0.6) is 0 Å². The molecule has 0 atom stereocenters. The molecule has 0 bridgehead atoms. The maximum atomic E-state index is 6.71. The van der Waals surface area contributed by atoms with Gasteiger partial charge in [0, 0.05) is 0 Å². The van der Waals surface area contributed by atoms with Crippen molar-refractivity contribution in [1.82, 2.24) is 0 Å². The summed E-state index contributed by atoms with van der Waals surface area (Å²) in [5.74, 6) is 0. The van der Waals surface area contributed by atoms with Crippen LogP contribution in [0.1, 0.15) is 0 Å². The van der Waals surface area contributed by atoms with Crippen molar-refractivity contribution in [3.8, 4) is 0 Å². The minimum absolute atomic E-state index is 1.25. The first kappa shape index (κ1) is 11.5. The molecule has 2 aromatic carbocycles. The average molecular weight is 388 g/mol. The molecule has 0 aromatic heterocycles. The van der Waals surface area contributed by atoms with E-state index in [2.05, 4.69) is 37.0 Å². The average Bonchev–Trinajstić information content (AvgIpc) is 2.31. The van der Waals surface area contributed by atoms with Crippen LogP contribution in [0.3, 0.4) is 0 Å². The van der Waals surface area contributed by atoms with Crippen molar-refractivity contribution in [2.24, 2.45) is 0 Å². The summed E-state index contributed by atoms with van der Waals surface area (Å²) >= 11 is 0.814. The first-order chi connectivity index (χ1) is 7.21. The van der Waals surface area contributed by atoms with Crippen LogP contribution in [0.2, 0.25) is 0 Å². The van der Waals surface area contributed by atoms with Gasteiger partial charge in [-0.15, -0.1) is 0 Å². The van der Waals surface area contributed by atoms with Gasteiger partial charge in [-0.1, -0.05) is 0 Å². The molecule has 0 heterocycles. The van der Waals surface area contributed by atoms with E-state index in [1.807, 2.05) is 36.4 Å². The first-order valence-corrected chi connectivity index (χ1v) is 17.6. The summed E-state index contributed by atoms with van der Waals surface area (Å²) in [5.41, 5.74) is 0. The molecule has 0 N–H and O–H groups in total. The summed E-state index contributed by atoms with van der Waals surface area (Å²) < 4.78 is 2.50. The third-order valence-corrected chi connectivity index (χ3v) is 17.4. The third-order valence-electron chi connectivity index (χ3n) is 2.27. The molecule has 76 valence electrons. The van der Waals surface area contributed by atoms with E-state index in [9.17, 15) is 0 Å². The minimum atomic E-state index is -2.96. The van der Waals surface area contributed by atoms with Crippen molar-refractivity contribution < 1.29 is 0 Å². The fraction of sp³-hybridized carbons (Fsp3) is 0. The second-order valence-electron chi connectivity index (χ2n) is 3.31. The van der Waals surface area contributed by atoms with Gasteiger partial charge in [-0.2, -0.15) is 0 Å². The SMILES string of the molecule is [Cl][Sn]([Br])([c]1ccccc1)[c]1ccccc1. The van der Waals surface area contributed by atoms with Gasteiger partial charge in [0.15, 0.2) is 0 Å². The molecule has 0 spiro atoms. The van der Waals surface area contributed by atoms with E-state index in [0.29, 0.717) is 0 Å². The quantitative estimate of drug-likeness (QED) is 0.695. The van der Waals surface area contributed by atoms with Crippen molar-refractivity contribution in [1.29, 1.82) is 0 Å². The van der Waals surface area contributed by atoms with Crippen LogP contribution in [0, 0.1) is 0 Å². The fourth-order valence-electron chi connectivity index (χ4n) is 1.46. The Labute approximate surface area is 104 Å². The van der Waals surface area contributed by atoms with Crippen LogP contribution < -0.4 is 7.16 Å². The molecule has 0 amide bonds. The zero-order chi connectivity index (χ0) is 10.7. The zero-order valence-electron chi connectivity index (χ0n) is 8.03. The molecule has 0 saturated carbocycles. The van der Waals surface area contributed by atoms with Crippen LogP contribution in [-0.2, 0) is 0 Å². The van der Waals surface area contributed by atoms with Gasteiger partial charge in [-0.25, -0.2) is 0 Å². The fourth-order valence-corrected chi connectivity index (χ4v) is 11.1. The van der Waals surface area contributed by atoms with Crippen LogP contribution in [-0.4, -0.2) is 15.0 Å². The summed E-state index contributed by atoms with van der Waals surface area (Å²) in [5, 5.41) is 0. The van der Waals surface area contributed by atoms with Crippen molar-refractivity contribution in [3.63, 3.8) is 0 Å². The van der Waals surface area contributed by atoms with Gasteiger partial charge in [0.05, 0.1) is 0 Å². The van der Waals surface area contributed by atoms with E-state index >= 15 is 0 Å². The van der Waals surface area contributed by atoms with Gasteiger partial charge in [-0.05, 0) is 0 Å². The van der Waals surface area contributed by atoms with Crippen molar-refractivity contribution >= 4 is 43.8 Å². The first-order valence-electron chi connectivity index (χ1n) is 4.70. The predicted molar refractivity (Wildman–Crippen MR) is 72.7 cm³/mol. The predicted octanol–water partition coefficient (Wildman–Crippen LogP) is 2.88. The third kappa shape index (κ3) is 2.58. The molecule has 3 heteroatoms. The van der Waals surface area contributed by atoms with Gasteiger partial charge in [0.25, 0.3) is 0 Å². The molecule has 0 aliphatic heterocycles. The summed E-state index contributed by atoms with van der Waals surface area (Å²) in [7, 11) is 6.71. The van der Waals surface area contributed by atoms with Gasteiger partial charge in [0.2, 0.25) is 0 Å². The van der Waals surface area contributed by atoms with Gasteiger partial charge in [-0.3, -0.25) is 0 Å². The molecule has 0 aliphatic carbocycles. The Morgan fingerprint density at radius 1 is 0.733 bits per heavy atom. The number of halogens is 2. The molecule has 0 aliphatic rings. The second kappa shape index (κ2) is 4.89. The van der Waals surface area contributed by atoms with E-state index in [0.717, 1.165) is 0 Å². The van der Waals surface area contributed by atoms with E-state index in [1.54, 1.807) is 0 Å². The molecule has 0 nitrogen and oxygen atoms in total. The Morgan fingerprint density at radius 2 is 1.07 bits per heavy atom. The summed E-state index contributed by atoms with van der Waals surface area (Å²) in [4.78, 5) is 0. The Kier molecular flexibility index (Phi) is 3.75. The van der Waals surface area contributed by atoms with Crippen LogP contribution in [0.25, 0.3) is 0 Å². The molecule has 0 radical (unpaired) electrons. The number of hydrogen-bond donors (Lipinski definition) is 0. The van der Waals surface area contributed by atoms with E-state index in [4.69, 9.17) is 8.92 Å². The molecule has 2 rings (SSSR count). The van der Waals surface area contributed by atoms with Gasteiger partial charge >= 0.3 is 104 Å². The molecule has 0 unspecified atom stereocenters. The number of hydrogen-bond acceptors (Lipinski definition) is 0. The monoisotopic (exact) mass is 388 g/mol. The zero-order valence-corrected chi connectivity index (χ0v) is 13.2. The standard InChI is InChI=1S/2C6H5.BrH.ClH.Sn/c2*1-2-4-6-5-3-1;;;/h2*1-5H;2*1H;/q;;;;+2/p-2. The normalized spacial score (nSPS) is 11.3. The maximum absolute atomic E-state index is 6.71. The second-order valence-corrected chi connectivity index (χ2v) is 24.7. The summed E-state index contributed by atoms with van der Waals surface area (Å²) in [6, 6.07) is 20.6. The topological polar surface area (TPSA) is 0 Å². The Balaban J connectivity index is 2.44. The van der Waals surface area contributed by atoms with Crippen molar-refractivity contribution in [2.75, 3.05) is 0 Å². The summed E-state index contributed by atoms with van der Waals surface area (Å²) in [6.45, 7) is 0. The van der Waals surface area contributed by atoms with E-state index in [1.165, 1.54) is 7.16 Å². The van der Waals surface area contributed by atoms with Crippen LogP contribution >= 0.6 is 21.6 Å².